The number of nitrogens with zero attached hydrogens (tertiary/aromatic N) is 4. The SMILES string of the molecule is c1ccc(CN2CCc3n[nH]c4nc(NCCc5ccc(-c6ccccc6)cc5)nc2c34)cc1. The van der Waals surface area contributed by atoms with Crippen LogP contribution in [0.5, 0.6) is 0 Å². The van der Waals surface area contributed by atoms with Crippen LogP contribution in [0.15, 0.2) is 84.9 Å². The van der Waals surface area contributed by atoms with Gasteiger partial charge in [0.25, 0.3) is 0 Å². The molecule has 0 radical (unpaired) electrons. The fourth-order valence-electron chi connectivity index (χ4n) is 4.58. The average molecular weight is 447 g/mol. The smallest absolute Gasteiger partial charge is 0.226 e. The van der Waals surface area contributed by atoms with E-state index < -0.39 is 0 Å². The van der Waals surface area contributed by atoms with E-state index >= 15 is 0 Å². The molecule has 5 aromatic rings. The highest BCUT2D eigenvalue weighted by molar-refractivity contribution is 5.91. The van der Waals surface area contributed by atoms with Crippen LogP contribution in [0.25, 0.3) is 22.2 Å². The molecule has 34 heavy (non-hydrogen) atoms. The second kappa shape index (κ2) is 8.98. The Balaban J connectivity index is 1.17. The number of hydrogen-bond acceptors (Lipinski definition) is 5. The molecule has 6 rings (SSSR count). The molecule has 1 aliphatic heterocycles. The third kappa shape index (κ3) is 4.10. The molecule has 3 heterocycles. The lowest BCUT2D eigenvalue weighted by Gasteiger charge is -2.28. The maximum Gasteiger partial charge on any atom is 0.226 e. The van der Waals surface area contributed by atoms with Crippen molar-refractivity contribution in [3.05, 3.63) is 102 Å². The van der Waals surface area contributed by atoms with E-state index in [2.05, 4.69) is 93.2 Å². The molecule has 3 aromatic carbocycles. The molecule has 0 fully saturated rings. The molecule has 0 unspecified atom stereocenters. The van der Waals surface area contributed by atoms with Gasteiger partial charge < -0.3 is 10.2 Å². The molecule has 0 saturated carbocycles. The van der Waals surface area contributed by atoms with Gasteiger partial charge in [0.1, 0.15) is 5.82 Å². The summed E-state index contributed by atoms with van der Waals surface area (Å²) in [4.78, 5) is 11.9. The lowest BCUT2D eigenvalue weighted by molar-refractivity contribution is 0.747. The summed E-state index contributed by atoms with van der Waals surface area (Å²) in [6, 6.07) is 29.7. The average Bonchev–Trinajstić information content (AvgIpc) is 3.31. The highest BCUT2D eigenvalue weighted by Gasteiger charge is 2.24. The number of anilines is 2. The topological polar surface area (TPSA) is 69.7 Å². The van der Waals surface area contributed by atoms with Crippen LogP contribution < -0.4 is 10.2 Å². The molecule has 0 bridgehead atoms. The van der Waals surface area contributed by atoms with E-state index in [0.717, 1.165) is 55.0 Å². The Hall–Kier alpha value is -4.19. The van der Waals surface area contributed by atoms with Crippen molar-refractivity contribution >= 4 is 22.8 Å². The summed E-state index contributed by atoms with van der Waals surface area (Å²) >= 11 is 0. The van der Waals surface area contributed by atoms with Crippen LogP contribution in [0, 0.1) is 0 Å². The zero-order chi connectivity index (χ0) is 22.7. The number of aromatic amines is 1. The summed E-state index contributed by atoms with van der Waals surface area (Å²) < 4.78 is 0. The third-order valence-corrected chi connectivity index (χ3v) is 6.37. The maximum atomic E-state index is 4.91. The number of aromatic nitrogens is 4. The normalized spacial score (nSPS) is 12.8. The van der Waals surface area contributed by atoms with E-state index in [-0.39, 0.29) is 0 Å². The van der Waals surface area contributed by atoms with Gasteiger partial charge >= 0.3 is 0 Å². The predicted molar refractivity (Wildman–Crippen MR) is 137 cm³/mol. The molecule has 0 amide bonds. The van der Waals surface area contributed by atoms with Gasteiger partial charge in [-0.3, -0.25) is 5.10 Å². The van der Waals surface area contributed by atoms with E-state index in [1.807, 2.05) is 12.1 Å². The fourth-order valence-corrected chi connectivity index (χ4v) is 4.58. The van der Waals surface area contributed by atoms with Crippen molar-refractivity contribution in [2.75, 3.05) is 23.3 Å². The van der Waals surface area contributed by atoms with Crippen molar-refractivity contribution in [1.82, 2.24) is 20.2 Å². The second-order valence-electron chi connectivity index (χ2n) is 8.66. The quantitative estimate of drug-likeness (QED) is 0.358. The summed E-state index contributed by atoms with van der Waals surface area (Å²) in [6.45, 7) is 2.48. The predicted octanol–water partition coefficient (Wildman–Crippen LogP) is 5.24. The van der Waals surface area contributed by atoms with Crippen molar-refractivity contribution in [3.63, 3.8) is 0 Å². The molecule has 2 N–H and O–H groups in total. The van der Waals surface area contributed by atoms with E-state index in [4.69, 9.17) is 9.97 Å². The van der Waals surface area contributed by atoms with E-state index in [1.54, 1.807) is 0 Å². The Morgan fingerprint density at radius 2 is 1.53 bits per heavy atom. The van der Waals surface area contributed by atoms with Crippen LogP contribution in [0.4, 0.5) is 11.8 Å². The zero-order valence-electron chi connectivity index (χ0n) is 18.9. The van der Waals surface area contributed by atoms with Crippen LogP contribution in [0.3, 0.4) is 0 Å². The zero-order valence-corrected chi connectivity index (χ0v) is 18.9. The Morgan fingerprint density at radius 3 is 2.32 bits per heavy atom. The molecular formula is C28H26N6. The molecule has 6 nitrogen and oxygen atoms in total. The van der Waals surface area contributed by atoms with Crippen LogP contribution in [0.1, 0.15) is 16.8 Å². The van der Waals surface area contributed by atoms with E-state index in [9.17, 15) is 0 Å². The van der Waals surface area contributed by atoms with Gasteiger partial charge in [-0.25, -0.2) is 0 Å². The van der Waals surface area contributed by atoms with Crippen LogP contribution in [0.2, 0.25) is 0 Å². The molecule has 2 aromatic heterocycles. The number of nitrogens with one attached hydrogen (secondary N) is 2. The van der Waals surface area contributed by atoms with Gasteiger partial charge in [0.05, 0.1) is 11.1 Å². The molecule has 0 aliphatic carbocycles. The molecule has 1 aliphatic rings. The Kier molecular flexibility index (Phi) is 5.39. The monoisotopic (exact) mass is 446 g/mol. The van der Waals surface area contributed by atoms with Gasteiger partial charge in [0, 0.05) is 26.1 Å². The van der Waals surface area contributed by atoms with E-state index in [1.165, 1.54) is 22.3 Å². The summed E-state index contributed by atoms with van der Waals surface area (Å²) in [5.74, 6) is 1.59. The molecule has 168 valence electrons. The van der Waals surface area contributed by atoms with Crippen molar-refractivity contribution in [1.29, 1.82) is 0 Å². The molecular weight excluding hydrogens is 420 g/mol. The van der Waals surface area contributed by atoms with Crippen molar-refractivity contribution in [3.8, 4) is 11.1 Å². The first kappa shape index (κ1) is 20.4. The number of H-pyrrole nitrogens is 1. The minimum Gasteiger partial charge on any atom is -0.354 e. The minimum absolute atomic E-state index is 0.638. The van der Waals surface area contributed by atoms with Gasteiger partial charge in [0.15, 0.2) is 5.65 Å². The fraction of sp³-hybridized carbons (Fsp3) is 0.179. The Morgan fingerprint density at radius 1 is 0.794 bits per heavy atom. The molecule has 6 heteroatoms. The first-order valence-electron chi connectivity index (χ1n) is 11.8. The summed E-state index contributed by atoms with van der Waals surface area (Å²) in [7, 11) is 0. The first-order chi connectivity index (χ1) is 16.8. The standard InChI is InChI=1S/C28H26N6/c1-3-7-21(8-4-1)19-34-18-16-24-25-26(33-32-24)30-28(31-27(25)34)29-17-15-20-11-13-23(14-12-20)22-9-5-2-6-10-22/h1-14H,15-19H2,(H2,29,30,31,32,33). The van der Waals surface area contributed by atoms with Crippen molar-refractivity contribution < 1.29 is 0 Å². The number of hydrogen-bond donors (Lipinski definition) is 2. The van der Waals surface area contributed by atoms with Crippen molar-refractivity contribution in [2.24, 2.45) is 0 Å². The van der Waals surface area contributed by atoms with E-state index in [0.29, 0.717) is 5.95 Å². The molecule has 0 spiro atoms. The lowest BCUT2D eigenvalue weighted by Crippen LogP contribution is -2.29. The summed E-state index contributed by atoms with van der Waals surface area (Å²) in [5.41, 5.74) is 6.88. The highest BCUT2D eigenvalue weighted by atomic mass is 15.3. The summed E-state index contributed by atoms with van der Waals surface area (Å²) in [5, 5.41) is 12.1. The number of benzene rings is 3. The van der Waals surface area contributed by atoms with Gasteiger partial charge in [-0.1, -0.05) is 84.9 Å². The molecule has 0 atom stereocenters. The Labute approximate surface area is 198 Å². The van der Waals surface area contributed by atoms with Gasteiger partial charge in [-0.05, 0) is 28.7 Å². The largest absolute Gasteiger partial charge is 0.354 e. The highest BCUT2D eigenvalue weighted by Crippen LogP contribution is 2.32. The van der Waals surface area contributed by atoms with Gasteiger partial charge in [-0.15, -0.1) is 0 Å². The second-order valence-corrected chi connectivity index (χ2v) is 8.66. The van der Waals surface area contributed by atoms with Crippen LogP contribution in [-0.2, 0) is 19.4 Å². The lowest BCUT2D eigenvalue weighted by atomic mass is 10.0. The van der Waals surface area contributed by atoms with Gasteiger partial charge in [-0.2, -0.15) is 15.1 Å². The first-order valence-corrected chi connectivity index (χ1v) is 11.8. The third-order valence-electron chi connectivity index (χ3n) is 6.37. The van der Waals surface area contributed by atoms with Gasteiger partial charge in [0.2, 0.25) is 5.95 Å². The maximum absolute atomic E-state index is 4.91. The van der Waals surface area contributed by atoms with Crippen LogP contribution in [-0.4, -0.2) is 33.3 Å². The van der Waals surface area contributed by atoms with Crippen LogP contribution >= 0.6 is 0 Å². The summed E-state index contributed by atoms with van der Waals surface area (Å²) in [6.07, 6.45) is 1.79. The Bertz CT molecular complexity index is 1390. The minimum atomic E-state index is 0.638. The molecule has 0 saturated heterocycles. The van der Waals surface area contributed by atoms with Crippen molar-refractivity contribution in [2.45, 2.75) is 19.4 Å². The number of rotatable bonds is 7.